The molecule has 0 aliphatic carbocycles. The van der Waals surface area contributed by atoms with Crippen molar-refractivity contribution in [3.8, 4) is 0 Å². The summed E-state index contributed by atoms with van der Waals surface area (Å²) >= 11 is 0. The van der Waals surface area contributed by atoms with Crippen molar-refractivity contribution in [2.24, 2.45) is 0 Å². The monoisotopic (exact) mass is 1170 g/mol. The van der Waals surface area contributed by atoms with Gasteiger partial charge in [0.15, 0.2) is 6.10 Å². The summed E-state index contributed by atoms with van der Waals surface area (Å²) < 4.78 is 17.0. The number of esters is 3. The first-order chi connectivity index (χ1) is 41.0. The molecule has 0 aliphatic rings. The zero-order valence-corrected chi connectivity index (χ0v) is 57.0. The minimum atomic E-state index is -0.763. The summed E-state index contributed by atoms with van der Waals surface area (Å²) in [5.41, 5.74) is 0. The van der Waals surface area contributed by atoms with Gasteiger partial charge in [-0.05, 0) is 19.3 Å². The fourth-order valence-corrected chi connectivity index (χ4v) is 12.3. The van der Waals surface area contributed by atoms with Crippen molar-refractivity contribution in [2.75, 3.05) is 13.2 Å². The summed E-state index contributed by atoms with van der Waals surface area (Å²) in [7, 11) is 0. The lowest BCUT2D eigenvalue weighted by atomic mass is 10.0. The maximum absolute atomic E-state index is 12.9. The van der Waals surface area contributed by atoms with Crippen LogP contribution >= 0.6 is 0 Å². The van der Waals surface area contributed by atoms with E-state index in [1.54, 1.807) is 0 Å². The normalized spacial score (nSPS) is 11.9. The van der Waals surface area contributed by atoms with E-state index in [9.17, 15) is 14.4 Å². The third-order valence-electron chi connectivity index (χ3n) is 18.1. The Labute approximate surface area is 520 Å². The van der Waals surface area contributed by atoms with Gasteiger partial charge < -0.3 is 14.2 Å². The minimum Gasteiger partial charge on any atom is -0.462 e. The van der Waals surface area contributed by atoms with Gasteiger partial charge in [0.2, 0.25) is 0 Å². The lowest BCUT2D eigenvalue weighted by Crippen LogP contribution is -2.30. The number of unbranched alkanes of at least 4 members (excludes halogenated alkanes) is 62. The highest BCUT2D eigenvalue weighted by Crippen LogP contribution is 2.20. The third-order valence-corrected chi connectivity index (χ3v) is 18.1. The molecule has 1 atom stereocenters. The summed E-state index contributed by atoms with van der Waals surface area (Å²) in [6, 6.07) is 0. The molecule has 0 rings (SSSR count). The summed E-state index contributed by atoms with van der Waals surface area (Å²) in [4.78, 5) is 38.4. The first-order valence-corrected chi connectivity index (χ1v) is 38.5. The molecule has 6 nitrogen and oxygen atoms in total. The van der Waals surface area contributed by atoms with Crippen molar-refractivity contribution in [1.82, 2.24) is 0 Å². The Hall–Kier alpha value is -1.59. The molecule has 0 saturated heterocycles. The predicted octanol–water partition coefficient (Wildman–Crippen LogP) is 26.6. The van der Waals surface area contributed by atoms with Crippen molar-refractivity contribution in [3.63, 3.8) is 0 Å². The lowest BCUT2D eigenvalue weighted by molar-refractivity contribution is -0.167. The Kier molecular flexibility index (Phi) is 71.5. The van der Waals surface area contributed by atoms with Crippen molar-refractivity contribution in [2.45, 2.75) is 463 Å². The second kappa shape index (κ2) is 72.9. The van der Waals surface area contributed by atoms with E-state index < -0.39 is 6.10 Å². The zero-order valence-electron chi connectivity index (χ0n) is 57.0. The predicted molar refractivity (Wildman–Crippen MR) is 363 cm³/mol. The molecule has 0 saturated carbocycles. The number of hydrogen-bond acceptors (Lipinski definition) is 6. The van der Waals surface area contributed by atoms with E-state index in [-0.39, 0.29) is 31.1 Å². The molecular formula is C77H150O6. The highest BCUT2D eigenvalue weighted by molar-refractivity contribution is 5.71. The molecule has 0 fully saturated rings. The van der Waals surface area contributed by atoms with Gasteiger partial charge in [-0.3, -0.25) is 14.4 Å². The minimum absolute atomic E-state index is 0.0605. The molecule has 6 heteroatoms. The molecule has 0 radical (unpaired) electrons. The topological polar surface area (TPSA) is 78.9 Å². The van der Waals surface area contributed by atoms with Crippen LogP contribution in [0.25, 0.3) is 0 Å². The van der Waals surface area contributed by atoms with Gasteiger partial charge in [-0.2, -0.15) is 0 Å². The first kappa shape index (κ1) is 81.4. The first-order valence-electron chi connectivity index (χ1n) is 38.5. The number of carbonyl (C=O) groups excluding carboxylic acids is 3. The fourth-order valence-electron chi connectivity index (χ4n) is 12.3. The van der Waals surface area contributed by atoms with Crippen LogP contribution in [0.3, 0.4) is 0 Å². The number of carbonyl (C=O) groups is 3. The zero-order chi connectivity index (χ0) is 59.9. The van der Waals surface area contributed by atoms with Crippen LogP contribution in [0.5, 0.6) is 0 Å². The number of hydrogen-bond donors (Lipinski definition) is 0. The SMILES string of the molecule is CCCCCCCCCCCCCCCCCCCCCCCCCCCCCCCCCC(=O)OCC(COC(=O)CCCCCCCCCCC)OC(=O)CCCCCCCCCCCCCCCCCCCCCCCCCCC. The van der Waals surface area contributed by atoms with Gasteiger partial charge in [-0.15, -0.1) is 0 Å². The second-order valence-electron chi connectivity index (χ2n) is 26.6. The van der Waals surface area contributed by atoms with Gasteiger partial charge in [0.1, 0.15) is 13.2 Å². The molecule has 0 amide bonds. The van der Waals surface area contributed by atoms with Gasteiger partial charge in [0.05, 0.1) is 0 Å². The van der Waals surface area contributed by atoms with Gasteiger partial charge in [0.25, 0.3) is 0 Å². The quantitative estimate of drug-likeness (QED) is 0.0343. The molecule has 0 bridgehead atoms. The van der Waals surface area contributed by atoms with E-state index in [1.165, 1.54) is 360 Å². The summed E-state index contributed by atoms with van der Waals surface area (Å²) in [5.74, 6) is -0.823. The van der Waals surface area contributed by atoms with Crippen molar-refractivity contribution < 1.29 is 28.6 Å². The van der Waals surface area contributed by atoms with Crippen LogP contribution in [0.2, 0.25) is 0 Å². The molecule has 1 unspecified atom stereocenters. The van der Waals surface area contributed by atoms with Crippen LogP contribution in [0.1, 0.15) is 457 Å². The Morgan fingerprint density at radius 1 is 0.193 bits per heavy atom. The van der Waals surface area contributed by atoms with Crippen LogP contribution in [0, 0.1) is 0 Å². The Morgan fingerprint density at radius 3 is 0.482 bits per heavy atom. The molecule has 494 valence electrons. The molecule has 0 N–H and O–H groups in total. The van der Waals surface area contributed by atoms with Crippen LogP contribution in [0.4, 0.5) is 0 Å². The van der Waals surface area contributed by atoms with E-state index in [4.69, 9.17) is 14.2 Å². The molecular weight excluding hydrogens is 1020 g/mol. The third kappa shape index (κ3) is 71.1. The number of ether oxygens (including phenoxy) is 3. The average molecular weight is 1170 g/mol. The summed E-state index contributed by atoms with van der Waals surface area (Å²) in [5, 5.41) is 0. The van der Waals surface area contributed by atoms with E-state index in [0.717, 1.165) is 57.8 Å². The van der Waals surface area contributed by atoms with Crippen LogP contribution < -0.4 is 0 Å². The Balaban J connectivity index is 4.01. The molecule has 0 aromatic rings. The van der Waals surface area contributed by atoms with Crippen molar-refractivity contribution in [1.29, 1.82) is 0 Å². The smallest absolute Gasteiger partial charge is 0.306 e. The fraction of sp³-hybridized carbons (Fsp3) is 0.961. The molecule has 0 aliphatic heterocycles. The van der Waals surface area contributed by atoms with Crippen LogP contribution in [0.15, 0.2) is 0 Å². The van der Waals surface area contributed by atoms with Crippen LogP contribution in [-0.4, -0.2) is 37.2 Å². The van der Waals surface area contributed by atoms with Gasteiger partial charge >= 0.3 is 17.9 Å². The highest BCUT2D eigenvalue weighted by atomic mass is 16.6. The summed E-state index contributed by atoms with van der Waals surface area (Å²) in [6.45, 7) is 6.73. The van der Waals surface area contributed by atoms with Crippen molar-refractivity contribution >= 4 is 17.9 Å². The van der Waals surface area contributed by atoms with E-state index in [1.807, 2.05) is 0 Å². The van der Waals surface area contributed by atoms with E-state index in [2.05, 4.69) is 20.8 Å². The van der Waals surface area contributed by atoms with Gasteiger partial charge in [0, 0.05) is 19.3 Å². The maximum atomic E-state index is 12.9. The lowest BCUT2D eigenvalue weighted by Gasteiger charge is -2.18. The Morgan fingerprint density at radius 2 is 0.325 bits per heavy atom. The van der Waals surface area contributed by atoms with Crippen molar-refractivity contribution in [3.05, 3.63) is 0 Å². The summed E-state index contributed by atoms with van der Waals surface area (Å²) in [6.07, 6.45) is 87.6. The molecule has 0 aromatic heterocycles. The molecule has 0 aromatic carbocycles. The molecule has 0 heterocycles. The molecule has 83 heavy (non-hydrogen) atoms. The highest BCUT2D eigenvalue weighted by Gasteiger charge is 2.20. The largest absolute Gasteiger partial charge is 0.462 e. The average Bonchev–Trinajstić information content (AvgIpc) is 3.49. The standard InChI is InChI=1S/C77H150O6/c1-4-7-10-13-16-19-21-23-25-27-29-31-33-35-36-37-38-39-40-42-43-45-47-49-51-53-55-58-61-64-67-70-76(79)82-73-74(72-81-75(78)69-66-63-60-57-18-15-12-9-6-3)83-77(80)71-68-65-62-59-56-54-52-50-48-46-44-41-34-32-30-28-26-24-22-20-17-14-11-8-5-2/h74H,4-73H2,1-3H3. The number of rotatable bonds is 73. The van der Waals surface area contributed by atoms with E-state index in [0.29, 0.717) is 19.3 Å². The van der Waals surface area contributed by atoms with E-state index >= 15 is 0 Å². The second-order valence-corrected chi connectivity index (χ2v) is 26.6. The van der Waals surface area contributed by atoms with Crippen LogP contribution in [-0.2, 0) is 28.6 Å². The van der Waals surface area contributed by atoms with Gasteiger partial charge in [-0.1, -0.05) is 419 Å². The Bertz CT molecular complexity index is 1250. The van der Waals surface area contributed by atoms with Gasteiger partial charge in [-0.25, -0.2) is 0 Å². The molecule has 0 spiro atoms. The maximum Gasteiger partial charge on any atom is 0.306 e.